The molecule has 0 radical (unpaired) electrons. The summed E-state index contributed by atoms with van der Waals surface area (Å²) in [6, 6.07) is -0.739. The van der Waals surface area contributed by atoms with Gasteiger partial charge in [0.15, 0.2) is 0 Å². The molecule has 0 aromatic heterocycles. The minimum Gasteiger partial charge on any atom is -0.480 e. The number of aliphatic carboxylic acids is 1. The van der Waals surface area contributed by atoms with E-state index < -0.39 is 12.0 Å². The lowest BCUT2D eigenvalue weighted by Crippen LogP contribution is -2.39. The monoisotopic (exact) mass is 205 g/mol. The summed E-state index contributed by atoms with van der Waals surface area (Å²) in [5, 5.41) is 11.1. The molecule has 0 aliphatic rings. The highest BCUT2D eigenvalue weighted by Gasteiger charge is 2.17. The number of carboxylic acid groups (broad SMARTS) is 1. The van der Waals surface area contributed by atoms with Crippen LogP contribution in [0.4, 0.5) is 0 Å². The Morgan fingerprint density at radius 2 is 2.15 bits per heavy atom. The third-order valence-electron chi connectivity index (χ3n) is 1.43. The summed E-state index contributed by atoms with van der Waals surface area (Å²) >= 11 is 1.67. The molecule has 0 aromatic carbocycles. The van der Waals surface area contributed by atoms with Gasteiger partial charge in [-0.1, -0.05) is 6.92 Å². The molecule has 1 atom stereocenters. The van der Waals surface area contributed by atoms with Crippen LogP contribution in [0.2, 0.25) is 0 Å². The molecule has 0 unspecified atom stereocenters. The standard InChI is InChI=1S/C8H15NO3S/c1-3-13-5-4-7(8(11)12)9-6(2)10/h7H,3-5H2,1-2H3,(H,9,10)(H,11,12)/t7-/m0/s1. The molecule has 0 fully saturated rings. The van der Waals surface area contributed by atoms with Gasteiger partial charge >= 0.3 is 5.97 Å². The van der Waals surface area contributed by atoms with Gasteiger partial charge < -0.3 is 10.4 Å². The smallest absolute Gasteiger partial charge is 0.326 e. The number of nitrogens with one attached hydrogen (secondary N) is 1. The maximum absolute atomic E-state index is 10.6. The van der Waals surface area contributed by atoms with Crippen LogP contribution in [0.5, 0.6) is 0 Å². The van der Waals surface area contributed by atoms with Crippen molar-refractivity contribution in [1.82, 2.24) is 5.32 Å². The zero-order valence-electron chi connectivity index (χ0n) is 7.87. The van der Waals surface area contributed by atoms with E-state index in [1.807, 2.05) is 6.92 Å². The Labute approximate surface area is 82.1 Å². The Hall–Kier alpha value is -0.710. The summed E-state index contributed by atoms with van der Waals surface area (Å²) in [6.07, 6.45) is 0.480. The maximum atomic E-state index is 10.6. The largest absolute Gasteiger partial charge is 0.480 e. The second-order valence-electron chi connectivity index (χ2n) is 2.58. The van der Waals surface area contributed by atoms with Crippen LogP contribution >= 0.6 is 11.8 Å². The fraction of sp³-hybridized carbons (Fsp3) is 0.750. The molecule has 13 heavy (non-hydrogen) atoms. The summed E-state index contributed by atoms with van der Waals surface area (Å²) in [7, 11) is 0. The van der Waals surface area contributed by atoms with Gasteiger partial charge in [-0.2, -0.15) is 11.8 Å². The van der Waals surface area contributed by atoms with E-state index in [0.717, 1.165) is 11.5 Å². The molecule has 0 aliphatic carbocycles. The predicted octanol–water partition coefficient (Wildman–Crippen LogP) is 0.719. The molecule has 0 heterocycles. The molecule has 5 heteroatoms. The van der Waals surface area contributed by atoms with Crippen molar-refractivity contribution in [2.75, 3.05) is 11.5 Å². The van der Waals surface area contributed by atoms with Gasteiger partial charge in [0.2, 0.25) is 5.91 Å². The Morgan fingerprint density at radius 3 is 2.54 bits per heavy atom. The van der Waals surface area contributed by atoms with Gasteiger partial charge in [0.1, 0.15) is 6.04 Å². The quantitative estimate of drug-likeness (QED) is 0.627. The first-order valence-corrected chi connectivity index (χ1v) is 5.31. The molecule has 0 aromatic rings. The van der Waals surface area contributed by atoms with Crippen molar-refractivity contribution in [1.29, 1.82) is 0 Å². The fourth-order valence-corrected chi connectivity index (χ4v) is 1.54. The van der Waals surface area contributed by atoms with Gasteiger partial charge in [-0.3, -0.25) is 4.79 Å². The van der Waals surface area contributed by atoms with Crippen LogP contribution < -0.4 is 5.32 Å². The molecule has 0 saturated carbocycles. The van der Waals surface area contributed by atoms with Crippen molar-refractivity contribution in [3.63, 3.8) is 0 Å². The van der Waals surface area contributed by atoms with E-state index in [1.54, 1.807) is 11.8 Å². The molecular weight excluding hydrogens is 190 g/mol. The Bertz CT molecular complexity index is 184. The summed E-state index contributed by atoms with van der Waals surface area (Å²) in [4.78, 5) is 21.2. The first-order chi connectivity index (χ1) is 6.07. The highest BCUT2D eigenvalue weighted by molar-refractivity contribution is 7.99. The summed E-state index contributed by atoms with van der Waals surface area (Å²) in [5.41, 5.74) is 0. The van der Waals surface area contributed by atoms with Crippen LogP contribution in [-0.4, -0.2) is 34.5 Å². The van der Waals surface area contributed by atoms with Crippen molar-refractivity contribution in [2.45, 2.75) is 26.3 Å². The predicted molar refractivity (Wildman–Crippen MR) is 52.9 cm³/mol. The second-order valence-corrected chi connectivity index (χ2v) is 3.97. The van der Waals surface area contributed by atoms with Crippen molar-refractivity contribution in [3.8, 4) is 0 Å². The number of hydrogen-bond donors (Lipinski definition) is 2. The van der Waals surface area contributed by atoms with Crippen LogP contribution in [0.1, 0.15) is 20.3 Å². The molecule has 2 N–H and O–H groups in total. The number of amides is 1. The number of thioether (sulfide) groups is 1. The average Bonchev–Trinajstić information content (AvgIpc) is 2.02. The molecule has 4 nitrogen and oxygen atoms in total. The van der Waals surface area contributed by atoms with Crippen LogP contribution in [0.25, 0.3) is 0 Å². The van der Waals surface area contributed by atoms with E-state index >= 15 is 0 Å². The van der Waals surface area contributed by atoms with E-state index in [9.17, 15) is 9.59 Å². The van der Waals surface area contributed by atoms with Crippen LogP contribution in [0, 0.1) is 0 Å². The minimum atomic E-state index is -0.966. The van der Waals surface area contributed by atoms with E-state index in [0.29, 0.717) is 6.42 Å². The summed E-state index contributed by atoms with van der Waals surface area (Å²) < 4.78 is 0. The molecule has 0 saturated heterocycles. The molecule has 76 valence electrons. The zero-order chi connectivity index (χ0) is 10.3. The molecular formula is C8H15NO3S. The molecule has 0 spiro atoms. The number of carbonyl (C=O) groups excluding carboxylic acids is 1. The zero-order valence-corrected chi connectivity index (χ0v) is 8.69. The highest BCUT2D eigenvalue weighted by atomic mass is 32.2. The normalized spacial score (nSPS) is 12.2. The maximum Gasteiger partial charge on any atom is 0.326 e. The number of hydrogen-bond acceptors (Lipinski definition) is 3. The first kappa shape index (κ1) is 12.3. The third kappa shape index (κ3) is 6.45. The van der Waals surface area contributed by atoms with E-state index in [1.165, 1.54) is 6.92 Å². The van der Waals surface area contributed by atoms with E-state index in [-0.39, 0.29) is 5.91 Å². The second kappa shape index (κ2) is 6.77. The lowest BCUT2D eigenvalue weighted by atomic mass is 10.2. The lowest BCUT2D eigenvalue weighted by molar-refractivity contribution is -0.141. The van der Waals surface area contributed by atoms with E-state index in [2.05, 4.69) is 5.32 Å². The average molecular weight is 205 g/mol. The minimum absolute atomic E-state index is 0.297. The van der Waals surface area contributed by atoms with Crippen LogP contribution in [-0.2, 0) is 9.59 Å². The number of carboxylic acids is 1. The number of rotatable bonds is 6. The van der Waals surface area contributed by atoms with Crippen LogP contribution in [0.3, 0.4) is 0 Å². The fourth-order valence-electron chi connectivity index (χ4n) is 0.848. The van der Waals surface area contributed by atoms with Gasteiger partial charge in [-0.05, 0) is 17.9 Å². The van der Waals surface area contributed by atoms with Gasteiger partial charge in [-0.15, -0.1) is 0 Å². The van der Waals surface area contributed by atoms with Crippen molar-refractivity contribution < 1.29 is 14.7 Å². The topological polar surface area (TPSA) is 66.4 Å². The molecule has 0 aliphatic heterocycles. The van der Waals surface area contributed by atoms with Crippen molar-refractivity contribution in [3.05, 3.63) is 0 Å². The molecule has 1 amide bonds. The number of carbonyl (C=O) groups is 2. The van der Waals surface area contributed by atoms with Crippen LogP contribution in [0.15, 0.2) is 0 Å². The summed E-state index contributed by atoms with van der Waals surface area (Å²) in [5.74, 6) is 0.459. The SMILES string of the molecule is CCSCC[C@H](NC(C)=O)C(=O)O. The van der Waals surface area contributed by atoms with Gasteiger partial charge in [0, 0.05) is 6.92 Å². The Morgan fingerprint density at radius 1 is 1.54 bits per heavy atom. The Kier molecular flexibility index (Phi) is 6.40. The van der Waals surface area contributed by atoms with Crippen molar-refractivity contribution >= 4 is 23.6 Å². The van der Waals surface area contributed by atoms with Gasteiger partial charge in [0.05, 0.1) is 0 Å². The Balaban J connectivity index is 3.81. The third-order valence-corrected chi connectivity index (χ3v) is 2.36. The lowest BCUT2D eigenvalue weighted by Gasteiger charge is -2.11. The first-order valence-electron chi connectivity index (χ1n) is 4.15. The summed E-state index contributed by atoms with van der Waals surface area (Å²) in [6.45, 7) is 3.34. The highest BCUT2D eigenvalue weighted by Crippen LogP contribution is 2.04. The molecule has 0 bridgehead atoms. The van der Waals surface area contributed by atoms with Crippen molar-refractivity contribution in [2.24, 2.45) is 0 Å². The van der Waals surface area contributed by atoms with Gasteiger partial charge in [-0.25, -0.2) is 4.79 Å². The molecule has 0 rings (SSSR count). The van der Waals surface area contributed by atoms with E-state index in [4.69, 9.17) is 5.11 Å². The van der Waals surface area contributed by atoms with Gasteiger partial charge in [0.25, 0.3) is 0 Å².